The van der Waals surface area contributed by atoms with E-state index in [1.54, 1.807) is 21.2 Å². The largest absolute Gasteiger partial charge is 0.383 e. The van der Waals surface area contributed by atoms with Crippen molar-refractivity contribution in [3.8, 4) is 0 Å². The van der Waals surface area contributed by atoms with Crippen molar-refractivity contribution in [2.45, 2.75) is 12.5 Å². The van der Waals surface area contributed by atoms with Crippen LogP contribution in [0.4, 0.5) is 25.0 Å². The topological polar surface area (TPSA) is 56.8 Å². The number of methoxy groups -OCH3 is 1. The van der Waals surface area contributed by atoms with Crippen LogP contribution in [0.5, 0.6) is 0 Å². The van der Waals surface area contributed by atoms with Crippen molar-refractivity contribution in [2.24, 2.45) is 0 Å². The maximum Gasteiger partial charge on any atom is 0.319 e. The number of amides is 2. The quantitative estimate of drug-likeness (QED) is 0.829. The van der Waals surface area contributed by atoms with Crippen molar-refractivity contribution in [2.75, 3.05) is 57.7 Å². The van der Waals surface area contributed by atoms with E-state index in [-0.39, 0.29) is 17.4 Å². The molecule has 2 amide bonds. The maximum absolute atomic E-state index is 13.9. The zero-order valence-corrected chi connectivity index (χ0v) is 14.2. The van der Waals surface area contributed by atoms with E-state index in [0.29, 0.717) is 6.61 Å². The Balaban J connectivity index is 1.89. The highest BCUT2D eigenvalue weighted by molar-refractivity contribution is 5.89. The van der Waals surface area contributed by atoms with Crippen LogP contribution in [0.1, 0.15) is 6.42 Å². The summed E-state index contributed by atoms with van der Waals surface area (Å²) in [5, 5.41) is 5.31. The van der Waals surface area contributed by atoms with Crippen LogP contribution >= 0.6 is 0 Å². The molecule has 1 aromatic carbocycles. The molecule has 1 atom stereocenters. The minimum Gasteiger partial charge on any atom is -0.383 e. The van der Waals surface area contributed by atoms with E-state index in [2.05, 4.69) is 15.5 Å². The van der Waals surface area contributed by atoms with Crippen LogP contribution in [0, 0.1) is 11.6 Å². The van der Waals surface area contributed by atoms with Gasteiger partial charge in [-0.2, -0.15) is 0 Å². The second-order valence-electron chi connectivity index (χ2n) is 6.06. The first-order valence-electron chi connectivity index (χ1n) is 7.86. The summed E-state index contributed by atoms with van der Waals surface area (Å²) in [6.07, 6.45) is 0.833. The summed E-state index contributed by atoms with van der Waals surface area (Å²) in [6, 6.07) is 1.76. The van der Waals surface area contributed by atoms with Gasteiger partial charge >= 0.3 is 6.03 Å². The van der Waals surface area contributed by atoms with E-state index in [9.17, 15) is 13.6 Å². The van der Waals surface area contributed by atoms with E-state index >= 15 is 0 Å². The number of rotatable bonds is 6. The summed E-state index contributed by atoms with van der Waals surface area (Å²) in [5.74, 6) is -1.44. The molecule has 8 heteroatoms. The Morgan fingerprint density at radius 2 is 2.04 bits per heavy atom. The molecule has 1 aromatic rings. The van der Waals surface area contributed by atoms with Gasteiger partial charge in [0.25, 0.3) is 0 Å². The molecule has 2 rings (SSSR count). The number of nitrogens with zero attached hydrogens (tertiary/aromatic N) is 2. The van der Waals surface area contributed by atoms with Gasteiger partial charge in [-0.05, 0) is 18.6 Å². The average molecular weight is 342 g/mol. The number of ether oxygens (including phenoxy) is 1. The fourth-order valence-electron chi connectivity index (χ4n) is 2.79. The minimum atomic E-state index is -0.720. The number of anilines is 2. The van der Waals surface area contributed by atoms with Gasteiger partial charge in [0.15, 0.2) is 11.6 Å². The summed E-state index contributed by atoms with van der Waals surface area (Å²) in [4.78, 5) is 15.6. The first-order chi connectivity index (χ1) is 11.4. The van der Waals surface area contributed by atoms with Crippen LogP contribution in [0.2, 0.25) is 0 Å². The predicted molar refractivity (Wildman–Crippen MR) is 89.6 cm³/mol. The maximum atomic E-state index is 13.9. The van der Waals surface area contributed by atoms with E-state index < -0.39 is 17.7 Å². The zero-order valence-electron chi connectivity index (χ0n) is 14.2. The Kier molecular flexibility index (Phi) is 6.33. The van der Waals surface area contributed by atoms with E-state index in [0.717, 1.165) is 38.2 Å². The third-order valence-corrected chi connectivity index (χ3v) is 3.94. The highest BCUT2D eigenvalue weighted by atomic mass is 19.1. The average Bonchev–Trinajstić information content (AvgIpc) is 2.91. The van der Waals surface area contributed by atoms with Gasteiger partial charge in [0.2, 0.25) is 0 Å². The summed E-state index contributed by atoms with van der Waals surface area (Å²) >= 11 is 0. The lowest BCUT2D eigenvalue weighted by Crippen LogP contribution is -2.40. The molecular weight excluding hydrogens is 318 g/mol. The van der Waals surface area contributed by atoms with Crippen molar-refractivity contribution in [3.63, 3.8) is 0 Å². The molecule has 1 aliphatic heterocycles. The van der Waals surface area contributed by atoms with Crippen molar-refractivity contribution in [1.82, 2.24) is 10.2 Å². The Hall–Kier alpha value is -1.93. The fourth-order valence-corrected chi connectivity index (χ4v) is 2.79. The molecule has 0 radical (unpaired) electrons. The zero-order chi connectivity index (χ0) is 17.7. The Labute approximate surface area is 140 Å². The molecule has 1 saturated heterocycles. The van der Waals surface area contributed by atoms with Gasteiger partial charge in [0, 0.05) is 52.6 Å². The third-order valence-electron chi connectivity index (χ3n) is 3.94. The number of urea groups is 1. The van der Waals surface area contributed by atoms with Crippen molar-refractivity contribution < 1.29 is 18.3 Å². The summed E-state index contributed by atoms with van der Waals surface area (Å²) in [6.45, 7) is 3.09. The van der Waals surface area contributed by atoms with Crippen LogP contribution in [0.25, 0.3) is 0 Å². The van der Waals surface area contributed by atoms with Crippen molar-refractivity contribution in [3.05, 3.63) is 23.8 Å². The molecule has 0 bridgehead atoms. The van der Waals surface area contributed by atoms with Gasteiger partial charge in [-0.25, -0.2) is 13.6 Å². The summed E-state index contributed by atoms with van der Waals surface area (Å²) in [5.41, 5.74) is -0.0483. The first kappa shape index (κ1) is 18.4. The molecule has 0 aliphatic carbocycles. The molecule has 24 heavy (non-hydrogen) atoms. The fraction of sp³-hybridized carbons (Fsp3) is 0.562. The highest BCUT2D eigenvalue weighted by Gasteiger charge is 2.23. The standard InChI is InChI=1S/C16H24F2N4O2/c1-21(2)15-13(17)8-12(9-14(15)18)20-16(23)19-11-4-5-22(10-11)6-7-24-3/h8-9,11H,4-7,10H2,1-3H3,(H2,19,20,23)/t11-/m1/s1. The molecule has 1 fully saturated rings. The number of benzene rings is 1. The first-order valence-corrected chi connectivity index (χ1v) is 7.86. The predicted octanol–water partition coefficient (Wildman–Crippen LogP) is 1.87. The lowest BCUT2D eigenvalue weighted by molar-refractivity contribution is 0.160. The Morgan fingerprint density at radius 1 is 1.38 bits per heavy atom. The van der Waals surface area contributed by atoms with Crippen LogP contribution in [-0.4, -0.2) is 64.4 Å². The lowest BCUT2D eigenvalue weighted by atomic mass is 10.2. The smallest absolute Gasteiger partial charge is 0.319 e. The molecule has 2 N–H and O–H groups in total. The Morgan fingerprint density at radius 3 is 2.62 bits per heavy atom. The van der Waals surface area contributed by atoms with Gasteiger partial charge in [-0.3, -0.25) is 4.90 Å². The number of carbonyl (C=O) groups excluding carboxylic acids is 1. The summed E-state index contributed by atoms with van der Waals surface area (Å²) in [7, 11) is 4.76. The second-order valence-corrected chi connectivity index (χ2v) is 6.06. The molecule has 0 unspecified atom stereocenters. The van der Waals surface area contributed by atoms with Crippen LogP contribution in [0.15, 0.2) is 12.1 Å². The third kappa shape index (κ3) is 4.78. The molecule has 0 saturated carbocycles. The van der Waals surface area contributed by atoms with E-state index in [1.165, 1.54) is 4.90 Å². The molecular formula is C16H24F2N4O2. The number of hydrogen-bond donors (Lipinski definition) is 2. The number of carbonyl (C=O) groups is 1. The molecule has 134 valence electrons. The van der Waals surface area contributed by atoms with Crippen molar-refractivity contribution >= 4 is 17.4 Å². The van der Waals surface area contributed by atoms with Gasteiger partial charge in [0.05, 0.1) is 6.61 Å². The lowest BCUT2D eigenvalue weighted by Gasteiger charge is -2.18. The minimum absolute atomic E-state index is 0.0117. The molecule has 1 aliphatic rings. The normalized spacial score (nSPS) is 17.8. The van der Waals surface area contributed by atoms with Crippen LogP contribution < -0.4 is 15.5 Å². The molecule has 0 spiro atoms. The number of halogens is 2. The number of nitrogens with one attached hydrogen (secondary N) is 2. The summed E-state index contributed by atoms with van der Waals surface area (Å²) < 4.78 is 32.9. The van der Waals surface area contributed by atoms with Crippen molar-refractivity contribution in [1.29, 1.82) is 0 Å². The molecule has 6 nitrogen and oxygen atoms in total. The SMILES string of the molecule is COCCN1CC[C@@H](NC(=O)Nc2cc(F)c(N(C)C)c(F)c2)C1. The van der Waals surface area contributed by atoms with Gasteiger partial charge in [-0.15, -0.1) is 0 Å². The molecule has 1 heterocycles. The number of hydrogen-bond acceptors (Lipinski definition) is 4. The molecule has 0 aromatic heterocycles. The number of likely N-dealkylation sites (tertiary alicyclic amines) is 1. The second kappa shape index (κ2) is 8.25. The van der Waals surface area contributed by atoms with Gasteiger partial charge in [-0.1, -0.05) is 0 Å². The van der Waals surface area contributed by atoms with Gasteiger partial charge in [0.1, 0.15) is 5.69 Å². The highest BCUT2D eigenvalue weighted by Crippen LogP contribution is 2.25. The van der Waals surface area contributed by atoms with E-state index in [1.807, 2.05) is 0 Å². The van der Waals surface area contributed by atoms with Crippen LogP contribution in [-0.2, 0) is 4.74 Å². The monoisotopic (exact) mass is 342 g/mol. The Bertz CT molecular complexity index is 560. The van der Waals surface area contributed by atoms with Gasteiger partial charge < -0.3 is 20.3 Å². The van der Waals surface area contributed by atoms with Crippen LogP contribution in [0.3, 0.4) is 0 Å². The van der Waals surface area contributed by atoms with E-state index in [4.69, 9.17) is 4.74 Å².